The van der Waals surface area contributed by atoms with Gasteiger partial charge in [-0.15, -0.1) is 10.2 Å². The lowest BCUT2D eigenvalue weighted by Gasteiger charge is -2.29. The van der Waals surface area contributed by atoms with E-state index in [0.717, 1.165) is 55.1 Å². The molecule has 5 rings (SSSR count). The van der Waals surface area contributed by atoms with Crippen molar-refractivity contribution in [2.45, 2.75) is 75.9 Å². The molecule has 0 unspecified atom stereocenters. The van der Waals surface area contributed by atoms with Gasteiger partial charge in [0.1, 0.15) is 0 Å². The molecule has 174 valence electrons. The third-order valence-corrected chi connectivity index (χ3v) is 6.87. The Hall–Kier alpha value is -3.27. The number of amides is 1. The summed E-state index contributed by atoms with van der Waals surface area (Å²) in [6, 6.07) is 6.52. The number of primary amides is 1. The van der Waals surface area contributed by atoms with Crippen LogP contribution in [0.1, 0.15) is 74.3 Å². The number of nitrogens with two attached hydrogens (primary N) is 2. The summed E-state index contributed by atoms with van der Waals surface area (Å²) in [4.78, 5) is 16.6. The van der Waals surface area contributed by atoms with Crippen LogP contribution in [0.2, 0.25) is 0 Å². The first-order chi connectivity index (χ1) is 16.1. The lowest BCUT2D eigenvalue weighted by molar-refractivity contribution is 0.0995. The zero-order valence-corrected chi connectivity index (χ0v) is 18.7. The molecule has 0 aliphatic heterocycles. The molecule has 2 aliphatic rings. The summed E-state index contributed by atoms with van der Waals surface area (Å²) in [5, 5.41) is 20.3. The monoisotopic (exact) mass is 449 g/mol. The smallest absolute Gasteiger partial charge is 0.273 e. The SMILES string of the molecule is NC(=O)c1nnc(N[C@@H]2CCCC[C@@H]2N)nc1Nc1cccc2c1cnn2C1CCCCC1. The van der Waals surface area contributed by atoms with E-state index < -0.39 is 5.91 Å². The molecule has 2 atom stereocenters. The Morgan fingerprint density at radius 3 is 2.61 bits per heavy atom. The van der Waals surface area contributed by atoms with Gasteiger partial charge >= 0.3 is 0 Å². The van der Waals surface area contributed by atoms with Gasteiger partial charge < -0.3 is 22.1 Å². The molecule has 2 fully saturated rings. The van der Waals surface area contributed by atoms with Crippen molar-refractivity contribution >= 4 is 34.3 Å². The third-order valence-electron chi connectivity index (χ3n) is 6.87. The van der Waals surface area contributed by atoms with E-state index >= 15 is 0 Å². The van der Waals surface area contributed by atoms with Gasteiger partial charge in [0.05, 0.1) is 23.4 Å². The number of anilines is 3. The van der Waals surface area contributed by atoms with Crippen molar-refractivity contribution in [3.63, 3.8) is 0 Å². The van der Waals surface area contributed by atoms with Gasteiger partial charge in [0.15, 0.2) is 11.5 Å². The number of fused-ring (bicyclic) bond motifs is 1. The van der Waals surface area contributed by atoms with Gasteiger partial charge in [-0.25, -0.2) is 0 Å². The standard InChI is InChI=1S/C23H31N9O/c24-16-9-4-5-10-18(16)28-23-29-22(20(21(25)33)30-31-23)27-17-11-6-12-19-15(17)13-26-32(19)14-7-2-1-3-8-14/h6,11-14,16,18H,1-5,7-10,24H2,(H2,25,33)(H2,27,28,29,31)/t16-,18+/m0/s1. The third kappa shape index (κ3) is 4.47. The first-order valence-electron chi connectivity index (χ1n) is 11.9. The average molecular weight is 450 g/mol. The topological polar surface area (TPSA) is 150 Å². The zero-order chi connectivity index (χ0) is 22.8. The van der Waals surface area contributed by atoms with E-state index in [0.29, 0.717) is 12.0 Å². The van der Waals surface area contributed by atoms with Crippen molar-refractivity contribution in [1.29, 1.82) is 0 Å². The van der Waals surface area contributed by atoms with Crippen LogP contribution in [0.3, 0.4) is 0 Å². The van der Waals surface area contributed by atoms with Crippen molar-refractivity contribution in [3.05, 3.63) is 30.1 Å². The molecule has 1 amide bonds. The molecule has 33 heavy (non-hydrogen) atoms. The van der Waals surface area contributed by atoms with Crippen molar-refractivity contribution in [1.82, 2.24) is 25.0 Å². The van der Waals surface area contributed by atoms with Crippen LogP contribution in [0.25, 0.3) is 10.9 Å². The second-order valence-corrected chi connectivity index (χ2v) is 9.14. The highest BCUT2D eigenvalue weighted by molar-refractivity contribution is 5.98. The van der Waals surface area contributed by atoms with Crippen molar-refractivity contribution in [3.8, 4) is 0 Å². The highest BCUT2D eigenvalue weighted by atomic mass is 16.1. The largest absolute Gasteiger partial charge is 0.364 e. The molecule has 2 heterocycles. The minimum atomic E-state index is -0.691. The number of hydrogen-bond acceptors (Lipinski definition) is 8. The van der Waals surface area contributed by atoms with Crippen LogP contribution in [0.5, 0.6) is 0 Å². The van der Waals surface area contributed by atoms with Gasteiger partial charge in [0.25, 0.3) is 5.91 Å². The minimum Gasteiger partial charge on any atom is -0.364 e. The molecule has 1 aromatic carbocycles. The molecular weight excluding hydrogens is 418 g/mol. The number of nitrogens with zero attached hydrogens (tertiary/aromatic N) is 5. The first-order valence-corrected chi connectivity index (χ1v) is 11.9. The molecule has 6 N–H and O–H groups in total. The van der Waals surface area contributed by atoms with Gasteiger partial charge in [0, 0.05) is 17.5 Å². The average Bonchev–Trinajstić information content (AvgIpc) is 3.26. The Balaban J connectivity index is 1.45. The van der Waals surface area contributed by atoms with Crippen molar-refractivity contribution < 1.29 is 4.79 Å². The van der Waals surface area contributed by atoms with E-state index in [2.05, 4.69) is 36.6 Å². The Morgan fingerprint density at radius 1 is 1.03 bits per heavy atom. The van der Waals surface area contributed by atoms with Crippen LogP contribution >= 0.6 is 0 Å². The molecule has 0 radical (unpaired) electrons. The van der Waals surface area contributed by atoms with Gasteiger partial charge in [-0.3, -0.25) is 9.48 Å². The predicted molar refractivity (Wildman–Crippen MR) is 127 cm³/mol. The Morgan fingerprint density at radius 2 is 1.82 bits per heavy atom. The minimum absolute atomic E-state index is 0.00910. The molecular formula is C23H31N9O. The highest BCUT2D eigenvalue weighted by Gasteiger charge is 2.24. The predicted octanol–water partition coefficient (Wildman–Crippen LogP) is 3.25. The molecule has 3 aromatic rings. The maximum atomic E-state index is 12.0. The van der Waals surface area contributed by atoms with Gasteiger partial charge in [-0.05, 0) is 37.8 Å². The molecule has 0 bridgehead atoms. The second-order valence-electron chi connectivity index (χ2n) is 9.14. The Kier molecular flexibility index (Phi) is 6.08. The summed E-state index contributed by atoms with van der Waals surface area (Å²) < 4.78 is 2.13. The fourth-order valence-corrected chi connectivity index (χ4v) is 5.07. The van der Waals surface area contributed by atoms with Crippen molar-refractivity contribution in [2.24, 2.45) is 11.5 Å². The van der Waals surface area contributed by atoms with Crippen LogP contribution in [0.4, 0.5) is 17.5 Å². The number of hydrogen-bond donors (Lipinski definition) is 4. The first kappa shape index (κ1) is 21.6. The normalized spacial score (nSPS) is 21.7. The van der Waals surface area contributed by atoms with Crippen LogP contribution in [-0.4, -0.2) is 43.0 Å². The lowest BCUT2D eigenvalue weighted by atomic mass is 9.91. The van der Waals surface area contributed by atoms with Gasteiger partial charge in [0.2, 0.25) is 5.95 Å². The number of nitrogens with one attached hydrogen (secondary N) is 2. The number of carbonyl (C=O) groups excluding carboxylic acids is 1. The highest BCUT2D eigenvalue weighted by Crippen LogP contribution is 2.33. The number of benzene rings is 1. The maximum Gasteiger partial charge on any atom is 0.273 e. The van der Waals surface area contributed by atoms with Crippen LogP contribution in [0.15, 0.2) is 24.4 Å². The fourth-order valence-electron chi connectivity index (χ4n) is 5.07. The molecule has 10 heteroatoms. The van der Waals surface area contributed by atoms with E-state index in [1.165, 1.54) is 19.3 Å². The Bertz CT molecular complexity index is 1140. The second kappa shape index (κ2) is 9.30. The van der Waals surface area contributed by atoms with Gasteiger partial charge in [-0.1, -0.05) is 38.2 Å². The number of rotatable bonds is 6. The molecule has 2 saturated carbocycles. The number of carbonyl (C=O) groups is 1. The van der Waals surface area contributed by atoms with E-state index in [1.807, 2.05) is 18.3 Å². The van der Waals surface area contributed by atoms with E-state index in [1.54, 1.807) is 0 Å². The molecule has 0 saturated heterocycles. The van der Waals surface area contributed by atoms with Crippen LogP contribution in [0, 0.1) is 0 Å². The summed E-state index contributed by atoms with van der Waals surface area (Å²) in [5.41, 5.74) is 13.7. The summed E-state index contributed by atoms with van der Waals surface area (Å²) in [6.45, 7) is 0. The van der Waals surface area contributed by atoms with Crippen LogP contribution in [-0.2, 0) is 0 Å². The Labute approximate surface area is 192 Å². The maximum absolute atomic E-state index is 12.0. The lowest BCUT2D eigenvalue weighted by Crippen LogP contribution is -2.43. The molecule has 10 nitrogen and oxygen atoms in total. The summed E-state index contributed by atoms with van der Waals surface area (Å²) in [7, 11) is 0. The van der Waals surface area contributed by atoms with Crippen molar-refractivity contribution in [2.75, 3.05) is 10.6 Å². The van der Waals surface area contributed by atoms with E-state index in [9.17, 15) is 4.79 Å². The summed E-state index contributed by atoms with van der Waals surface area (Å²) in [5.74, 6) is -0.0966. The van der Waals surface area contributed by atoms with E-state index in [4.69, 9.17) is 16.6 Å². The molecule has 2 aromatic heterocycles. The summed E-state index contributed by atoms with van der Waals surface area (Å²) >= 11 is 0. The quantitative estimate of drug-likeness (QED) is 0.448. The summed E-state index contributed by atoms with van der Waals surface area (Å²) in [6.07, 6.45) is 12.1. The van der Waals surface area contributed by atoms with Crippen LogP contribution < -0.4 is 22.1 Å². The zero-order valence-electron chi connectivity index (χ0n) is 18.7. The van der Waals surface area contributed by atoms with E-state index in [-0.39, 0.29) is 23.6 Å². The molecule has 2 aliphatic carbocycles. The number of aromatic nitrogens is 5. The van der Waals surface area contributed by atoms with Gasteiger partial charge in [-0.2, -0.15) is 10.1 Å². The molecule has 0 spiro atoms. The fraction of sp³-hybridized carbons (Fsp3) is 0.522.